The minimum atomic E-state index is -0.406. The summed E-state index contributed by atoms with van der Waals surface area (Å²) >= 11 is 24.6. The lowest BCUT2D eigenvalue weighted by atomic mass is 10.9. The molecule has 0 heterocycles. The molecule has 9 heavy (non-hydrogen) atoms. The first-order valence-electron chi connectivity index (χ1n) is 1.77. The van der Waals surface area contributed by atoms with Gasteiger partial charge in [0, 0.05) is 0 Å². The van der Waals surface area contributed by atoms with Crippen LogP contribution in [0.5, 0.6) is 0 Å². The molecule has 0 saturated heterocycles. The van der Waals surface area contributed by atoms with E-state index in [2.05, 4.69) is 47.8 Å². The summed E-state index contributed by atoms with van der Waals surface area (Å²) in [5, 5.41) is 0. The highest BCUT2D eigenvalue weighted by Gasteiger charge is 1.88. The normalized spacial score (nSPS) is 9.33. The van der Waals surface area contributed by atoms with Crippen LogP contribution in [-0.4, -0.2) is 13.4 Å². The highest BCUT2D eigenvalue weighted by molar-refractivity contribution is 9.38. The minimum Gasteiger partial charge on any atom is -0.124 e. The summed E-state index contributed by atoms with van der Waals surface area (Å²) in [4.78, 5) is -0.406. The van der Waals surface area contributed by atoms with Crippen LogP contribution in [0.4, 0.5) is 0 Å². The summed E-state index contributed by atoms with van der Waals surface area (Å²) in [6, 6.07) is 0. The SMILES string of the molecule is BrC(Br)Br.ClCC(Cl)Cl. The predicted octanol–water partition coefficient (Wildman–Crippen LogP) is 4.48. The molecule has 0 aliphatic carbocycles. The molecule has 0 aromatic rings. The van der Waals surface area contributed by atoms with Crippen molar-refractivity contribution in [3.05, 3.63) is 0 Å². The molecule has 0 aromatic heterocycles. The summed E-state index contributed by atoms with van der Waals surface area (Å²) in [6.07, 6.45) is 0. The topological polar surface area (TPSA) is 0 Å². The van der Waals surface area contributed by atoms with E-state index in [0.29, 0.717) is 5.88 Å². The van der Waals surface area contributed by atoms with Crippen LogP contribution in [0.25, 0.3) is 0 Å². The molecule has 0 spiro atoms. The molecular formula is C3H4Br3Cl3. The fraction of sp³-hybridized carbons (Fsp3) is 1.00. The maximum Gasteiger partial charge on any atom is 0.124 e. The van der Waals surface area contributed by atoms with E-state index in [9.17, 15) is 0 Å². The van der Waals surface area contributed by atoms with Crippen LogP contribution >= 0.6 is 82.6 Å². The second kappa shape index (κ2) is 10.3. The molecule has 0 atom stereocenters. The number of hydrogen-bond acceptors (Lipinski definition) is 0. The highest BCUT2D eigenvalue weighted by Crippen LogP contribution is 2.13. The van der Waals surface area contributed by atoms with Gasteiger partial charge in [-0.3, -0.25) is 0 Å². The lowest BCUT2D eigenvalue weighted by Crippen LogP contribution is -1.82. The van der Waals surface area contributed by atoms with Crippen molar-refractivity contribution in [2.75, 3.05) is 5.88 Å². The third kappa shape index (κ3) is 38.3. The van der Waals surface area contributed by atoms with Gasteiger partial charge >= 0.3 is 0 Å². The Hall–Kier alpha value is 2.31. The van der Waals surface area contributed by atoms with Crippen molar-refractivity contribution >= 4 is 82.6 Å². The van der Waals surface area contributed by atoms with Crippen LogP contribution in [0, 0.1) is 0 Å². The van der Waals surface area contributed by atoms with Gasteiger partial charge in [0.2, 0.25) is 0 Å². The monoisotopic (exact) mass is 382 g/mol. The first kappa shape index (κ1) is 13.9. The van der Waals surface area contributed by atoms with E-state index in [1.54, 1.807) is 0 Å². The molecule has 0 aliphatic rings. The second-order valence-electron chi connectivity index (χ2n) is 0.793. The number of alkyl halides is 6. The molecule has 0 rings (SSSR count). The molecular weight excluding hydrogens is 382 g/mol. The molecule has 0 aromatic carbocycles. The van der Waals surface area contributed by atoms with Gasteiger partial charge in [0.15, 0.2) is 0 Å². The van der Waals surface area contributed by atoms with Gasteiger partial charge in [-0.25, -0.2) is 0 Å². The Morgan fingerprint density at radius 2 is 1.22 bits per heavy atom. The Labute approximate surface area is 95.0 Å². The zero-order valence-corrected chi connectivity index (χ0v) is 11.2. The Morgan fingerprint density at radius 1 is 1.11 bits per heavy atom. The fourth-order valence-electron chi connectivity index (χ4n) is 0. The van der Waals surface area contributed by atoms with Gasteiger partial charge in [-0.15, -0.1) is 34.8 Å². The lowest BCUT2D eigenvalue weighted by molar-refractivity contribution is 1.40. The zero-order chi connectivity index (χ0) is 7.86. The summed E-state index contributed by atoms with van der Waals surface area (Å²) in [5.74, 6) is 0.309. The smallest absolute Gasteiger partial charge is 0.124 e. The van der Waals surface area contributed by atoms with Crippen LogP contribution < -0.4 is 0 Å². The largest absolute Gasteiger partial charge is 0.124 e. The van der Waals surface area contributed by atoms with Gasteiger partial charge in [-0.2, -0.15) is 0 Å². The van der Waals surface area contributed by atoms with Crippen molar-refractivity contribution < 1.29 is 0 Å². The molecule has 0 unspecified atom stereocenters. The van der Waals surface area contributed by atoms with Gasteiger partial charge < -0.3 is 0 Å². The van der Waals surface area contributed by atoms with Crippen molar-refractivity contribution in [1.82, 2.24) is 0 Å². The molecule has 0 N–H and O–H groups in total. The highest BCUT2D eigenvalue weighted by atomic mass is 80.0. The Balaban J connectivity index is 0. The standard InChI is InChI=1S/C2H3Cl3.CHBr3/c3-1-2(4)5;2-1(3)4/h2H,1H2;1H. The van der Waals surface area contributed by atoms with E-state index in [4.69, 9.17) is 34.8 Å². The number of hydrogen-bond donors (Lipinski definition) is 0. The van der Waals surface area contributed by atoms with E-state index < -0.39 is 4.84 Å². The average Bonchev–Trinajstić information content (AvgIpc) is 1.65. The van der Waals surface area contributed by atoms with Crippen LogP contribution in [-0.2, 0) is 0 Å². The van der Waals surface area contributed by atoms with Crippen LogP contribution in [0.1, 0.15) is 0 Å². The second-order valence-corrected chi connectivity index (χ2v) is 8.81. The minimum absolute atomic E-state index is 0.271. The zero-order valence-electron chi connectivity index (χ0n) is 4.13. The molecule has 0 radical (unpaired) electrons. The van der Waals surface area contributed by atoms with Gasteiger partial charge in [0.25, 0.3) is 0 Å². The molecule has 0 fully saturated rings. The maximum atomic E-state index is 5.10. The molecule has 0 amide bonds. The van der Waals surface area contributed by atoms with E-state index in [1.807, 2.05) is 0 Å². The third-order valence-corrected chi connectivity index (χ3v) is 1.05. The molecule has 0 saturated carbocycles. The van der Waals surface area contributed by atoms with Crippen molar-refractivity contribution in [2.24, 2.45) is 0 Å². The average molecular weight is 386 g/mol. The Morgan fingerprint density at radius 3 is 1.22 bits per heavy atom. The summed E-state index contributed by atoms with van der Waals surface area (Å²) in [5.41, 5.74) is 0. The van der Waals surface area contributed by atoms with Gasteiger partial charge in [0.05, 0.1) is 5.88 Å². The van der Waals surface area contributed by atoms with Crippen molar-refractivity contribution in [1.29, 1.82) is 0 Å². The summed E-state index contributed by atoms with van der Waals surface area (Å²) in [7, 11) is 0. The Bertz CT molecular complexity index is 46.8. The van der Waals surface area contributed by atoms with Crippen LogP contribution in [0.15, 0.2) is 0 Å². The summed E-state index contributed by atoms with van der Waals surface area (Å²) < 4.78 is 0.271. The van der Waals surface area contributed by atoms with E-state index >= 15 is 0 Å². The van der Waals surface area contributed by atoms with Crippen molar-refractivity contribution in [2.45, 2.75) is 7.48 Å². The molecule has 6 heteroatoms. The number of halogens is 6. The molecule has 0 aliphatic heterocycles. The number of rotatable bonds is 1. The maximum absolute atomic E-state index is 5.10. The van der Waals surface area contributed by atoms with Crippen molar-refractivity contribution in [3.63, 3.8) is 0 Å². The quantitative estimate of drug-likeness (QED) is 0.583. The first-order chi connectivity index (χ1) is 4.00. The molecule has 58 valence electrons. The lowest BCUT2D eigenvalue weighted by Gasteiger charge is -1.82. The molecule has 0 nitrogen and oxygen atoms in total. The van der Waals surface area contributed by atoms with E-state index in [1.165, 1.54) is 0 Å². The van der Waals surface area contributed by atoms with E-state index in [-0.39, 0.29) is 2.65 Å². The predicted molar refractivity (Wildman–Crippen MR) is 56.8 cm³/mol. The van der Waals surface area contributed by atoms with Gasteiger partial charge in [-0.05, 0) is 0 Å². The van der Waals surface area contributed by atoms with Crippen molar-refractivity contribution in [3.8, 4) is 0 Å². The summed E-state index contributed by atoms with van der Waals surface area (Å²) in [6.45, 7) is 0. The van der Waals surface area contributed by atoms with Crippen LogP contribution in [0.2, 0.25) is 0 Å². The first-order valence-corrected chi connectivity index (χ1v) is 5.92. The van der Waals surface area contributed by atoms with Crippen LogP contribution in [0.3, 0.4) is 0 Å². The van der Waals surface area contributed by atoms with E-state index in [0.717, 1.165) is 0 Å². The Kier molecular flexibility index (Phi) is 15.9. The molecule has 0 bridgehead atoms. The fourth-order valence-corrected chi connectivity index (χ4v) is 0. The third-order valence-electron chi connectivity index (χ3n) is 0.117. The van der Waals surface area contributed by atoms with Gasteiger partial charge in [-0.1, -0.05) is 47.8 Å². The van der Waals surface area contributed by atoms with Gasteiger partial charge in [0.1, 0.15) is 7.48 Å².